The van der Waals surface area contributed by atoms with Gasteiger partial charge < -0.3 is 25.5 Å². The number of amides is 3. The van der Waals surface area contributed by atoms with Crippen LogP contribution < -0.4 is 16.4 Å². The number of ether oxygens (including phenoxy) is 1. The molecule has 0 saturated heterocycles. The molecule has 32 heavy (non-hydrogen) atoms. The Bertz CT molecular complexity index is 763. The van der Waals surface area contributed by atoms with Gasteiger partial charge in [0.2, 0.25) is 11.8 Å². The molecule has 0 fully saturated rings. The van der Waals surface area contributed by atoms with Gasteiger partial charge in [0.1, 0.15) is 18.7 Å². The van der Waals surface area contributed by atoms with Crippen LogP contribution in [-0.2, 0) is 25.4 Å². The maximum Gasteiger partial charge on any atom is 0.408 e. The number of nitrogens with one attached hydrogen (secondary N) is 2. The molecule has 0 unspecified atom stereocenters. The van der Waals surface area contributed by atoms with E-state index in [-0.39, 0.29) is 24.0 Å². The maximum atomic E-state index is 12.8. The van der Waals surface area contributed by atoms with Crippen LogP contribution in [0.5, 0.6) is 0 Å². The smallest absolute Gasteiger partial charge is 0.408 e. The molecule has 9 heteroatoms. The van der Waals surface area contributed by atoms with Gasteiger partial charge in [-0.2, -0.15) is 0 Å². The number of primary amides is 1. The van der Waals surface area contributed by atoms with Crippen LogP contribution in [0.3, 0.4) is 0 Å². The van der Waals surface area contributed by atoms with Crippen molar-refractivity contribution in [1.29, 1.82) is 0 Å². The fourth-order valence-electron chi connectivity index (χ4n) is 2.62. The second kappa shape index (κ2) is 12.0. The van der Waals surface area contributed by atoms with Crippen LogP contribution in [-0.4, -0.2) is 44.9 Å². The first-order valence-electron chi connectivity index (χ1n) is 11.0. The number of rotatable bonds is 11. The Kier molecular flexibility index (Phi) is 10.4. The molecular weight excluding hydrogens is 426 g/mol. The largest absolute Gasteiger partial charge is 0.445 e. The van der Waals surface area contributed by atoms with Gasteiger partial charge in [0.15, 0.2) is 8.32 Å². The zero-order chi connectivity index (χ0) is 24.5. The summed E-state index contributed by atoms with van der Waals surface area (Å²) in [5.41, 5.74) is 6.34. The van der Waals surface area contributed by atoms with E-state index in [4.69, 9.17) is 14.9 Å². The summed E-state index contributed by atoms with van der Waals surface area (Å²) in [6.45, 7) is 14.6. The minimum absolute atomic E-state index is 0.0330. The summed E-state index contributed by atoms with van der Waals surface area (Å²) in [6.07, 6.45) is -0.448. The number of carbonyl (C=O) groups is 3. The summed E-state index contributed by atoms with van der Waals surface area (Å²) in [4.78, 5) is 36.9. The summed E-state index contributed by atoms with van der Waals surface area (Å²) < 4.78 is 11.3. The van der Waals surface area contributed by atoms with Crippen LogP contribution in [0.25, 0.3) is 0 Å². The Morgan fingerprint density at radius 3 is 2.16 bits per heavy atom. The van der Waals surface area contributed by atoms with Gasteiger partial charge >= 0.3 is 6.09 Å². The predicted molar refractivity (Wildman–Crippen MR) is 127 cm³/mol. The van der Waals surface area contributed by atoms with E-state index < -0.39 is 38.3 Å². The van der Waals surface area contributed by atoms with E-state index in [1.54, 1.807) is 13.8 Å². The van der Waals surface area contributed by atoms with E-state index in [0.29, 0.717) is 6.61 Å². The number of benzene rings is 1. The second-order valence-electron chi connectivity index (χ2n) is 9.79. The third kappa shape index (κ3) is 9.00. The van der Waals surface area contributed by atoms with E-state index >= 15 is 0 Å². The van der Waals surface area contributed by atoms with Gasteiger partial charge in [-0.15, -0.1) is 0 Å². The lowest BCUT2D eigenvalue weighted by Gasteiger charge is -2.36. The van der Waals surface area contributed by atoms with Crippen molar-refractivity contribution in [2.45, 2.75) is 77.9 Å². The molecule has 1 aromatic rings. The average Bonchev–Trinajstić information content (AvgIpc) is 2.69. The molecule has 180 valence electrons. The maximum absolute atomic E-state index is 12.8. The molecule has 0 saturated carbocycles. The topological polar surface area (TPSA) is 120 Å². The molecule has 1 rings (SSSR count). The van der Waals surface area contributed by atoms with Gasteiger partial charge in [-0.3, -0.25) is 9.59 Å². The van der Waals surface area contributed by atoms with E-state index in [9.17, 15) is 14.4 Å². The SMILES string of the molecule is CC(C)[C@H](NC(=O)OCc1ccccc1)C(=O)N[C@@H](CCO[Si](C)(C)C(C)(C)C)C(N)=O. The Morgan fingerprint density at radius 2 is 1.66 bits per heavy atom. The quantitative estimate of drug-likeness (QED) is 0.433. The highest BCUT2D eigenvalue weighted by Gasteiger charge is 2.37. The van der Waals surface area contributed by atoms with Crippen LogP contribution >= 0.6 is 0 Å². The summed E-state index contributed by atoms with van der Waals surface area (Å²) >= 11 is 0. The van der Waals surface area contributed by atoms with Gasteiger partial charge in [0, 0.05) is 6.61 Å². The molecule has 0 aliphatic heterocycles. The number of hydrogen-bond acceptors (Lipinski definition) is 5. The average molecular weight is 466 g/mol. The van der Waals surface area contributed by atoms with Crippen LogP contribution in [0.2, 0.25) is 18.1 Å². The van der Waals surface area contributed by atoms with E-state index in [0.717, 1.165) is 5.56 Å². The molecule has 8 nitrogen and oxygen atoms in total. The number of nitrogens with two attached hydrogens (primary N) is 1. The first-order valence-corrected chi connectivity index (χ1v) is 13.9. The van der Waals surface area contributed by atoms with E-state index in [2.05, 4.69) is 44.5 Å². The molecule has 1 aromatic carbocycles. The van der Waals surface area contributed by atoms with Crippen molar-refractivity contribution in [3.8, 4) is 0 Å². The van der Waals surface area contributed by atoms with Gasteiger partial charge in [0.25, 0.3) is 0 Å². The Labute approximate surface area is 192 Å². The van der Waals surface area contributed by atoms with Gasteiger partial charge in [-0.25, -0.2) is 4.79 Å². The van der Waals surface area contributed by atoms with Crippen molar-refractivity contribution < 1.29 is 23.5 Å². The summed E-state index contributed by atoms with van der Waals surface area (Å²) in [7, 11) is -1.98. The Balaban J connectivity index is 2.66. The molecule has 0 heterocycles. The zero-order valence-electron chi connectivity index (χ0n) is 20.4. The third-order valence-electron chi connectivity index (χ3n) is 5.77. The summed E-state index contributed by atoms with van der Waals surface area (Å²) in [5.74, 6) is -1.37. The van der Waals surface area contributed by atoms with Gasteiger partial charge in [0.05, 0.1) is 0 Å². The van der Waals surface area contributed by atoms with E-state index in [1.807, 2.05) is 30.3 Å². The van der Waals surface area contributed by atoms with Crippen molar-refractivity contribution in [2.24, 2.45) is 11.7 Å². The highest BCUT2D eigenvalue weighted by atomic mass is 28.4. The van der Waals surface area contributed by atoms with Crippen molar-refractivity contribution in [2.75, 3.05) is 6.61 Å². The number of hydrogen-bond donors (Lipinski definition) is 3. The molecule has 0 bridgehead atoms. The highest BCUT2D eigenvalue weighted by molar-refractivity contribution is 6.74. The first kappa shape index (κ1) is 27.6. The molecule has 2 atom stereocenters. The molecule has 3 amide bonds. The highest BCUT2D eigenvalue weighted by Crippen LogP contribution is 2.36. The molecule has 0 aliphatic carbocycles. The van der Waals surface area contributed by atoms with Crippen molar-refractivity contribution in [1.82, 2.24) is 10.6 Å². The number of carbonyl (C=O) groups excluding carboxylic acids is 3. The predicted octanol–water partition coefficient (Wildman–Crippen LogP) is 3.32. The monoisotopic (exact) mass is 465 g/mol. The molecular formula is C23H39N3O5Si. The lowest BCUT2D eigenvalue weighted by atomic mass is 10.0. The lowest BCUT2D eigenvalue weighted by Crippen LogP contribution is -2.55. The normalized spacial score (nSPS) is 13.9. The fraction of sp³-hybridized carbons (Fsp3) is 0.609. The number of alkyl carbamates (subject to hydrolysis) is 1. The molecule has 0 aromatic heterocycles. The van der Waals surface area contributed by atoms with Crippen molar-refractivity contribution in [3.63, 3.8) is 0 Å². The minimum Gasteiger partial charge on any atom is -0.445 e. The minimum atomic E-state index is -1.98. The molecule has 0 radical (unpaired) electrons. The van der Waals surface area contributed by atoms with Crippen molar-refractivity contribution >= 4 is 26.2 Å². The Morgan fingerprint density at radius 1 is 1.06 bits per heavy atom. The van der Waals surface area contributed by atoms with E-state index in [1.165, 1.54) is 0 Å². The summed E-state index contributed by atoms with van der Waals surface area (Å²) in [5, 5.41) is 5.27. The third-order valence-corrected chi connectivity index (χ3v) is 10.3. The first-order chi connectivity index (χ1) is 14.7. The van der Waals surface area contributed by atoms with Gasteiger partial charge in [-0.1, -0.05) is 65.0 Å². The lowest BCUT2D eigenvalue weighted by molar-refractivity contribution is -0.129. The summed E-state index contributed by atoms with van der Waals surface area (Å²) in [6, 6.07) is 7.47. The Hall–Kier alpha value is -2.39. The zero-order valence-corrected chi connectivity index (χ0v) is 21.4. The van der Waals surface area contributed by atoms with Crippen LogP contribution in [0.1, 0.15) is 46.6 Å². The molecule has 0 spiro atoms. The van der Waals surface area contributed by atoms with Crippen LogP contribution in [0, 0.1) is 5.92 Å². The second-order valence-corrected chi connectivity index (χ2v) is 14.6. The standard InChI is InChI=1S/C23H39N3O5Si/c1-16(2)19(26-22(29)30-15-17-11-9-8-10-12-17)21(28)25-18(20(24)27)13-14-31-32(6,7)23(3,4)5/h8-12,16,18-19H,13-15H2,1-7H3,(H2,24,27)(H,25,28)(H,26,29)/t18-,19-/m0/s1. The molecule has 4 N–H and O–H groups in total. The van der Waals surface area contributed by atoms with Gasteiger partial charge in [-0.05, 0) is 36.0 Å². The molecule has 0 aliphatic rings. The van der Waals surface area contributed by atoms with Crippen molar-refractivity contribution in [3.05, 3.63) is 35.9 Å². The van der Waals surface area contributed by atoms with Crippen LogP contribution in [0.15, 0.2) is 30.3 Å². The fourth-order valence-corrected chi connectivity index (χ4v) is 3.68. The van der Waals surface area contributed by atoms with Crippen LogP contribution in [0.4, 0.5) is 4.79 Å².